The summed E-state index contributed by atoms with van der Waals surface area (Å²) in [4.78, 5) is 0. The van der Waals surface area contributed by atoms with Crippen molar-refractivity contribution in [3.05, 3.63) is 22.6 Å². The minimum absolute atomic E-state index is 0.303. The first-order chi connectivity index (χ1) is 3.77. The van der Waals surface area contributed by atoms with Gasteiger partial charge in [0.05, 0.1) is 0 Å². The molecule has 0 aliphatic rings. The van der Waals surface area contributed by atoms with Gasteiger partial charge in [0.2, 0.25) is 0 Å². The van der Waals surface area contributed by atoms with Gasteiger partial charge >= 0.3 is 0 Å². The smallest absolute Gasteiger partial charge is 0.113 e. The number of hydrogen-bond acceptors (Lipinski definition) is 1. The van der Waals surface area contributed by atoms with Gasteiger partial charge in [-0.25, -0.2) is 0 Å². The van der Waals surface area contributed by atoms with E-state index in [2.05, 4.69) is 6.58 Å². The van der Waals surface area contributed by atoms with E-state index >= 15 is 0 Å². The van der Waals surface area contributed by atoms with E-state index in [0.29, 0.717) is 4.49 Å². The van der Waals surface area contributed by atoms with Gasteiger partial charge in [0.25, 0.3) is 0 Å². The molecule has 0 atom stereocenters. The lowest BCUT2D eigenvalue weighted by Crippen LogP contribution is -1.60. The van der Waals surface area contributed by atoms with Crippen molar-refractivity contribution in [1.82, 2.24) is 0 Å². The predicted octanol–water partition coefficient (Wildman–Crippen LogP) is 3.18. The molecule has 0 N–H and O–H groups in total. The Morgan fingerprint density at radius 2 is 2.25 bits per heavy atom. The van der Waals surface area contributed by atoms with Gasteiger partial charge in [0, 0.05) is 11.2 Å². The number of hydrogen-bond donors (Lipinski definition) is 0. The van der Waals surface area contributed by atoms with Crippen LogP contribution in [0.15, 0.2) is 22.6 Å². The highest BCUT2D eigenvalue weighted by Crippen LogP contribution is 2.13. The lowest BCUT2D eigenvalue weighted by Gasteiger charge is -1.83. The van der Waals surface area contributed by atoms with Gasteiger partial charge in [-0.05, 0) is 0 Å². The minimum atomic E-state index is 0.303. The van der Waals surface area contributed by atoms with Crippen LogP contribution in [0.4, 0.5) is 0 Å². The summed E-state index contributed by atoms with van der Waals surface area (Å²) in [5.41, 5.74) is 0. The van der Waals surface area contributed by atoms with Gasteiger partial charge in [-0.2, -0.15) is 0 Å². The number of thioether (sulfide) groups is 1. The summed E-state index contributed by atoms with van der Waals surface area (Å²) in [6, 6.07) is 0. The van der Waals surface area contributed by atoms with Crippen molar-refractivity contribution in [3.8, 4) is 0 Å². The molecular formula is C5H6Cl2S. The summed E-state index contributed by atoms with van der Waals surface area (Å²) < 4.78 is 0.303. The van der Waals surface area contributed by atoms with Crippen molar-refractivity contribution in [3.63, 3.8) is 0 Å². The van der Waals surface area contributed by atoms with Crippen LogP contribution in [0.3, 0.4) is 0 Å². The second-order valence-electron chi connectivity index (χ2n) is 1.03. The Kier molecular flexibility index (Phi) is 5.83. The van der Waals surface area contributed by atoms with Crippen LogP contribution in [0.1, 0.15) is 0 Å². The highest BCUT2D eigenvalue weighted by atomic mass is 35.5. The van der Waals surface area contributed by atoms with Crippen molar-refractivity contribution >= 4 is 35.0 Å². The number of halogens is 2. The number of rotatable bonds is 3. The Balaban J connectivity index is 3.15. The molecule has 0 fully saturated rings. The molecule has 0 unspecified atom stereocenters. The van der Waals surface area contributed by atoms with Crippen LogP contribution in [-0.2, 0) is 0 Å². The SMILES string of the molecule is C=CCSC=C(Cl)Cl. The van der Waals surface area contributed by atoms with Crippen LogP contribution < -0.4 is 0 Å². The molecule has 0 aliphatic heterocycles. The third-order valence-electron chi connectivity index (χ3n) is 0.386. The van der Waals surface area contributed by atoms with Crippen LogP contribution >= 0.6 is 35.0 Å². The first-order valence-electron chi connectivity index (χ1n) is 2.01. The molecule has 0 heterocycles. The summed E-state index contributed by atoms with van der Waals surface area (Å²) >= 11 is 12.1. The maximum Gasteiger partial charge on any atom is 0.113 e. The van der Waals surface area contributed by atoms with Crippen molar-refractivity contribution in [2.75, 3.05) is 5.75 Å². The molecule has 0 spiro atoms. The molecule has 0 amide bonds. The van der Waals surface area contributed by atoms with Gasteiger partial charge in [0.15, 0.2) is 0 Å². The third-order valence-corrected chi connectivity index (χ3v) is 1.69. The van der Waals surface area contributed by atoms with E-state index in [1.807, 2.05) is 0 Å². The normalized spacial score (nSPS) is 8.25. The first kappa shape index (κ1) is 8.41. The Bertz CT molecular complexity index is 94.6. The molecule has 46 valence electrons. The zero-order valence-electron chi connectivity index (χ0n) is 4.23. The molecule has 3 heteroatoms. The zero-order chi connectivity index (χ0) is 6.41. The van der Waals surface area contributed by atoms with E-state index in [1.165, 1.54) is 11.8 Å². The molecule has 0 aromatic rings. The monoisotopic (exact) mass is 168 g/mol. The first-order valence-corrected chi connectivity index (χ1v) is 3.81. The highest BCUT2D eigenvalue weighted by molar-refractivity contribution is 8.02. The lowest BCUT2D eigenvalue weighted by atomic mass is 10.8. The molecule has 0 saturated heterocycles. The Morgan fingerprint density at radius 1 is 1.62 bits per heavy atom. The fraction of sp³-hybridized carbons (Fsp3) is 0.200. The highest BCUT2D eigenvalue weighted by Gasteiger charge is 1.79. The van der Waals surface area contributed by atoms with Gasteiger partial charge in [0.1, 0.15) is 4.49 Å². The van der Waals surface area contributed by atoms with Crippen molar-refractivity contribution in [2.45, 2.75) is 0 Å². The molecule has 0 radical (unpaired) electrons. The van der Waals surface area contributed by atoms with Crippen molar-refractivity contribution < 1.29 is 0 Å². The molecule has 0 aromatic heterocycles. The molecular weight excluding hydrogens is 163 g/mol. The Hall–Kier alpha value is 0.410. The van der Waals surface area contributed by atoms with Gasteiger partial charge in [-0.3, -0.25) is 0 Å². The van der Waals surface area contributed by atoms with Gasteiger partial charge in [-0.15, -0.1) is 18.3 Å². The zero-order valence-corrected chi connectivity index (χ0v) is 6.56. The average Bonchev–Trinajstić information content (AvgIpc) is 1.66. The fourth-order valence-electron chi connectivity index (χ4n) is 0.179. The van der Waals surface area contributed by atoms with Crippen LogP contribution in [0.2, 0.25) is 0 Å². The summed E-state index contributed by atoms with van der Waals surface area (Å²) in [7, 11) is 0. The van der Waals surface area contributed by atoms with Crippen LogP contribution in [0.5, 0.6) is 0 Å². The summed E-state index contributed by atoms with van der Waals surface area (Å²) in [6.45, 7) is 3.52. The second-order valence-corrected chi connectivity index (χ2v) is 2.94. The van der Waals surface area contributed by atoms with E-state index in [0.717, 1.165) is 5.75 Å². The van der Waals surface area contributed by atoms with E-state index in [9.17, 15) is 0 Å². The summed E-state index contributed by atoms with van der Waals surface area (Å²) in [5, 5.41) is 1.67. The quantitative estimate of drug-likeness (QED) is 0.461. The minimum Gasteiger partial charge on any atom is -0.127 e. The fourth-order valence-corrected chi connectivity index (χ4v) is 0.915. The van der Waals surface area contributed by atoms with E-state index in [1.54, 1.807) is 11.5 Å². The molecule has 0 aromatic carbocycles. The molecule has 8 heavy (non-hydrogen) atoms. The van der Waals surface area contributed by atoms with Crippen LogP contribution in [0, 0.1) is 0 Å². The van der Waals surface area contributed by atoms with Crippen LogP contribution in [0.25, 0.3) is 0 Å². The van der Waals surface area contributed by atoms with E-state index < -0.39 is 0 Å². The maximum atomic E-state index is 5.28. The molecule has 0 saturated carbocycles. The van der Waals surface area contributed by atoms with E-state index in [4.69, 9.17) is 23.2 Å². The third kappa shape index (κ3) is 6.41. The summed E-state index contributed by atoms with van der Waals surface area (Å²) in [6.07, 6.45) is 1.79. The van der Waals surface area contributed by atoms with Crippen molar-refractivity contribution in [2.24, 2.45) is 0 Å². The largest absolute Gasteiger partial charge is 0.127 e. The summed E-state index contributed by atoms with van der Waals surface area (Å²) in [5.74, 6) is 0.850. The average molecular weight is 169 g/mol. The molecule has 0 rings (SSSR count). The topological polar surface area (TPSA) is 0 Å². The standard InChI is InChI=1S/C5H6Cl2S/c1-2-3-8-4-5(6)7/h2,4H,1,3H2. The molecule has 0 nitrogen and oxygen atoms in total. The van der Waals surface area contributed by atoms with Gasteiger partial charge in [-0.1, -0.05) is 29.3 Å². The molecule has 0 bridgehead atoms. The van der Waals surface area contributed by atoms with E-state index in [-0.39, 0.29) is 0 Å². The van der Waals surface area contributed by atoms with Crippen molar-refractivity contribution in [1.29, 1.82) is 0 Å². The maximum absolute atomic E-state index is 5.28. The predicted molar refractivity (Wildman–Crippen MR) is 42.4 cm³/mol. The van der Waals surface area contributed by atoms with Gasteiger partial charge < -0.3 is 0 Å². The Morgan fingerprint density at radius 3 is 2.62 bits per heavy atom. The Labute approximate surface area is 63.5 Å². The molecule has 0 aliphatic carbocycles. The second kappa shape index (κ2) is 5.54. The van der Waals surface area contributed by atoms with Crippen LogP contribution in [-0.4, -0.2) is 5.75 Å². The lowest BCUT2D eigenvalue weighted by molar-refractivity contribution is 1.83.